The van der Waals surface area contributed by atoms with E-state index in [1.807, 2.05) is 0 Å². The van der Waals surface area contributed by atoms with Crippen molar-refractivity contribution in [3.05, 3.63) is 34.9 Å². The second-order valence-corrected chi connectivity index (χ2v) is 7.23. The largest absolute Gasteiger partial charge is 0.295 e. The van der Waals surface area contributed by atoms with E-state index in [1.165, 1.54) is 48.8 Å². The van der Waals surface area contributed by atoms with E-state index in [0.717, 1.165) is 19.0 Å². The lowest BCUT2D eigenvalue weighted by molar-refractivity contribution is -0.137. The summed E-state index contributed by atoms with van der Waals surface area (Å²) >= 11 is 0. The van der Waals surface area contributed by atoms with Gasteiger partial charge in [-0.15, -0.1) is 0 Å². The third kappa shape index (κ3) is 2.92. The zero-order chi connectivity index (χ0) is 15.8. The Kier molecular flexibility index (Phi) is 3.93. The Balaban J connectivity index is 1.49. The van der Waals surface area contributed by atoms with Gasteiger partial charge in [0.1, 0.15) is 0 Å². The first kappa shape index (κ1) is 14.9. The monoisotopic (exact) mass is 312 g/mol. The molecule has 0 radical (unpaired) electrons. The first-order valence-electron chi connectivity index (χ1n) is 8.90. The van der Waals surface area contributed by atoms with Gasteiger partial charge in [-0.3, -0.25) is 19.8 Å². The number of hydrogen-bond donors (Lipinski definition) is 1. The van der Waals surface area contributed by atoms with Crippen molar-refractivity contribution in [2.75, 3.05) is 0 Å². The average molecular weight is 312 g/mol. The highest BCUT2D eigenvalue weighted by molar-refractivity contribution is 6.00. The molecule has 4 heteroatoms. The smallest absolute Gasteiger partial charge is 0.243 e. The molecule has 0 aromatic heterocycles. The third-order valence-electron chi connectivity index (χ3n) is 5.70. The van der Waals surface area contributed by atoms with E-state index in [0.29, 0.717) is 12.8 Å². The number of rotatable bonds is 2. The van der Waals surface area contributed by atoms with Crippen LogP contribution in [0.5, 0.6) is 0 Å². The van der Waals surface area contributed by atoms with Crippen molar-refractivity contribution in [1.29, 1.82) is 0 Å². The predicted molar refractivity (Wildman–Crippen MR) is 87.7 cm³/mol. The van der Waals surface area contributed by atoms with E-state index in [9.17, 15) is 9.59 Å². The molecule has 2 fully saturated rings. The third-order valence-corrected chi connectivity index (χ3v) is 5.70. The van der Waals surface area contributed by atoms with Crippen LogP contribution in [0.25, 0.3) is 0 Å². The molecule has 1 saturated carbocycles. The number of piperidine rings is 1. The summed E-state index contributed by atoms with van der Waals surface area (Å²) in [5.41, 5.74) is 4.20. The van der Waals surface area contributed by atoms with E-state index in [-0.39, 0.29) is 17.9 Å². The number of carbonyl (C=O) groups excluding carboxylic acids is 2. The summed E-state index contributed by atoms with van der Waals surface area (Å²) in [6, 6.07) is 6.77. The van der Waals surface area contributed by atoms with Crippen molar-refractivity contribution in [1.82, 2.24) is 10.2 Å². The molecule has 1 atom stereocenters. The van der Waals surface area contributed by atoms with Crippen LogP contribution in [-0.4, -0.2) is 22.8 Å². The maximum absolute atomic E-state index is 12.1. The van der Waals surface area contributed by atoms with Gasteiger partial charge in [-0.25, -0.2) is 0 Å². The van der Waals surface area contributed by atoms with Crippen LogP contribution in [0.4, 0.5) is 0 Å². The predicted octanol–water partition coefficient (Wildman–Crippen LogP) is 2.86. The molecule has 1 unspecified atom stereocenters. The number of carbonyl (C=O) groups is 2. The van der Waals surface area contributed by atoms with Crippen LogP contribution in [0.2, 0.25) is 0 Å². The fourth-order valence-electron chi connectivity index (χ4n) is 4.38. The zero-order valence-corrected chi connectivity index (χ0v) is 13.5. The summed E-state index contributed by atoms with van der Waals surface area (Å²) in [7, 11) is 0. The van der Waals surface area contributed by atoms with Gasteiger partial charge in [0.2, 0.25) is 11.8 Å². The molecule has 1 aliphatic carbocycles. The van der Waals surface area contributed by atoms with E-state index < -0.39 is 0 Å². The molecule has 4 rings (SSSR count). The van der Waals surface area contributed by atoms with Gasteiger partial charge in [0.05, 0.1) is 6.04 Å². The molecule has 3 aliphatic rings. The Morgan fingerprint density at radius 2 is 1.74 bits per heavy atom. The number of imide groups is 1. The molecule has 2 aliphatic heterocycles. The van der Waals surface area contributed by atoms with E-state index in [1.54, 1.807) is 0 Å². The quantitative estimate of drug-likeness (QED) is 0.854. The Labute approximate surface area is 137 Å². The summed E-state index contributed by atoms with van der Waals surface area (Å²) in [4.78, 5) is 25.6. The maximum atomic E-state index is 12.1. The highest BCUT2D eigenvalue weighted by Crippen LogP contribution is 2.35. The van der Waals surface area contributed by atoms with E-state index in [4.69, 9.17) is 0 Å². The highest BCUT2D eigenvalue weighted by Gasteiger charge is 2.34. The van der Waals surface area contributed by atoms with Gasteiger partial charge >= 0.3 is 0 Å². The summed E-state index contributed by atoms with van der Waals surface area (Å²) in [6.07, 6.45) is 7.81. The maximum Gasteiger partial charge on any atom is 0.243 e. The van der Waals surface area contributed by atoms with Crippen molar-refractivity contribution in [3.63, 3.8) is 0 Å². The Morgan fingerprint density at radius 1 is 0.957 bits per heavy atom. The number of nitrogens with zero attached hydrogens (tertiary/aromatic N) is 1. The normalized spacial score (nSPS) is 26.2. The minimum atomic E-state index is -0.154. The van der Waals surface area contributed by atoms with Gasteiger partial charge in [0.25, 0.3) is 0 Å². The number of amides is 2. The molecule has 122 valence electrons. The first-order chi connectivity index (χ1) is 11.2. The van der Waals surface area contributed by atoms with Crippen molar-refractivity contribution in [3.8, 4) is 0 Å². The van der Waals surface area contributed by atoms with Crippen molar-refractivity contribution < 1.29 is 9.59 Å². The standard InChI is InChI=1S/C19H24N2O2/c22-18-9-8-17(19(23)20-18)21-11-15-7-6-14(10-16(15)12-21)13-4-2-1-3-5-13/h6-7,10,13,17H,1-5,8-9,11-12H2,(H,20,22,23). The van der Waals surface area contributed by atoms with Gasteiger partial charge in [-0.1, -0.05) is 37.5 Å². The molecule has 23 heavy (non-hydrogen) atoms. The molecule has 1 aromatic carbocycles. The van der Waals surface area contributed by atoms with E-state index in [2.05, 4.69) is 28.4 Å². The number of benzene rings is 1. The first-order valence-corrected chi connectivity index (χ1v) is 8.90. The second kappa shape index (κ2) is 6.08. The van der Waals surface area contributed by atoms with Crippen LogP contribution in [0, 0.1) is 0 Å². The Hall–Kier alpha value is -1.68. The van der Waals surface area contributed by atoms with Crippen molar-refractivity contribution >= 4 is 11.8 Å². The molecule has 2 amide bonds. The summed E-state index contributed by atoms with van der Waals surface area (Å²) in [5.74, 6) is 0.461. The van der Waals surface area contributed by atoms with Gasteiger partial charge in [-0.2, -0.15) is 0 Å². The van der Waals surface area contributed by atoms with Gasteiger partial charge in [0.15, 0.2) is 0 Å². The number of nitrogens with one attached hydrogen (secondary N) is 1. The van der Waals surface area contributed by atoms with Crippen LogP contribution in [0.1, 0.15) is 67.6 Å². The molecule has 0 spiro atoms. The molecule has 2 heterocycles. The lowest BCUT2D eigenvalue weighted by Crippen LogP contribution is -2.50. The summed E-state index contributed by atoms with van der Waals surface area (Å²) in [6.45, 7) is 1.66. The number of fused-ring (bicyclic) bond motifs is 1. The number of hydrogen-bond acceptors (Lipinski definition) is 3. The molecule has 1 N–H and O–H groups in total. The molecule has 1 aromatic rings. The molecular formula is C19H24N2O2. The SMILES string of the molecule is O=C1CCC(N2Cc3ccc(C4CCCCC4)cc3C2)C(=O)N1. The van der Waals surface area contributed by atoms with E-state index >= 15 is 0 Å². The zero-order valence-electron chi connectivity index (χ0n) is 13.5. The highest BCUT2D eigenvalue weighted by atomic mass is 16.2. The van der Waals surface area contributed by atoms with Gasteiger partial charge in [-0.05, 0) is 41.9 Å². The van der Waals surface area contributed by atoms with Crippen molar-refractivity contribution in [2.24, 2.45) is 0 Å². The Morgan fingerprint density at radius 3 is 2.52 bits per heavy atom. The van der Waals surface area contributed by atoms with Crippen LogP contribution in [0.15, 0.2) is 18.2 Å². The molecule has 0 bridgehead atoms. The lowest BCUT2D eigenvalue weighted by Gasteiger charge is -2.29. The molecule has 1 saturated heterocycles. The van der Waals surface area contributed by atoms with Crippen LogP contribution >= 0.6 is 0 Å². The molecule has 4 nitrogen and oxygen atoms in total. The van der Waals surface area contributed by atoms with Gasteiger partial charge in [0, 0.05) is 19.5 Å². The fraction of sp³-hybridized carbons (Fsp3) is 0.579. The fourth-order valence-corrected chi connectivity index (χ4v) is 4.38. The average Bonchev–Trinajstić information content (AvgIpc) is 2.98. The van der Waals surface area contributed by atoms with Crippen LogP contribution < -0.4 is 5.32 Å². The Bertz CT molecular complexity index is 634. The van der Waals surface area contributed by atoms with Crippen LogP contribution in [0.3, 0.4) is 0 Å². The summed E-state index contributed by atoms with van der Waals surface area (Å²) < 4.78 is 0. The molecular weight excluding hydrogens is 288 g/mol. The minimum absolute atomic E-state index is 0.124. The summed E-state index contributed by atoms with van der Waals surface area (Å²) in [5, 5.41) is 2.48. The minimum Gasteiger partial charge on any atom is -0.295 e. The second-order valence-electron chi connectivity index (χ2n) is 7.23. The van der Waals surface area contributed by atoms with Gasteiger partial charge < -0.3 is 0 Å². The van der Waals surface area contributed by atoms with Crippen LogP contribution in [-0.2, 0) is 22.7 Å². The lowest BCUT2D eigenvalue weighted by atomic mass is 9.83. The van der Waals surface area contributed by atoms with Crippen molar-refractivity contribution in [2.45, 2.75) is 70.0 Å². The topological polar surface area (TPSA) is 49.4 Å².